The number of halogens is 1. The average Bonchev–Trinajstić information content (AvgIpc) is 2.17. The second-order valence-electron chi connectivity index (χ2n) is 2.49. The van der Waals surface area contributed by atoms with E-state index in [1.165, 1.54) is 0 Å². The number of hydrogen-bond donors (Lipinski definition) is 2. The highest BCUT2D eigenvalue weighted by Gasteiger charge is 2.04. The van der Waals surface area contributed by atoms with E-state index in [9.17, 15) is 5.11 Å². The lowest BCUT2D eigenvalue weighted by molar-refractivity contribution is 0.186. The van der Waals surface area contributed by atoms with Gasteiger partial charge in [-0.15, -0.1) is 12.4 Å². The van der Waals surface area contributed by atoms with Crippen LogP contribution in [0.3, 0.4) is 0 Å². The minimum absolute atomic E-state index is 0. The molecule has 0 aliphatic rings. The summed E-state index contributed by atoms with van der Waals surface area (Å²) in [5.41, 5.74) is 6.50. The lowest BCUT2D eigenvalue weighted by Crippen LogP contribution is -2.11. The van der Waals surface area contributed by atoms with Gasteiger partial charge in [-0.3, -0.25) is 0 Å². The third-order valence-electron chi connectivity index (χ3n) is 1.62. The summed E-state index contributed by atoms with van der Waals surface area (Å²) < 4.78 is 0. The van der Waals surface area contributed by atoms with Crippen molar-refractivity contribution in [2.45, 2.75) is 6.10 Å². The van der Waals surface area contributed by atoms with Gasteiger partial charge in [0.25, 0.3) is 0 Å². The number of nitrogens with two attached hydrogens (primary N) is 1. The molecule has 1 aromatic rings. The molecule has 1 rings (SSSR count). The Hall–Kier alpha value is -1.08. The van der Waals surface area contributed by atoms with Gasteiger partial charge in [-0.25, -0.2) is 0 Å². The Morgan fingerprint density at radius 1 is 1.54 bits per heavy atom. The summed E-state index contributed by atoms with van der Waals surface area (Å²) in [6.45, 7) is 0.175. The van der Waals surface area contributed by atoms with Crippen LogP contribution in [0.2, 0.25) is 0 Å². The molecule has 0 amide bonds. The molecule has 1 atom stereocenters. The van der Waals surface area contributed by atoms with Crippen LogP contribution < -0.4 is 5.73 Å². The lowest BCUT2D eigenvalue weighted by atomic mass is 10.1. The SMILES string of the molecule is Cl.N#Cc1cccc(C(O)CN)c1. The van der Waals surface area contributed by atoms with Gasteiger partial charge in [0, 0.05) is 6.54 Å². The molecule has 1 aromatic carbocycles. The number of aliphatic hydroxyl groups is 1. The van der Waals surface area contributed by atoms with Gasteiger partial charge in [-0.2, -0.15) is 5.26 Å². The van der Waals surface area contributed by atoms with Crippen LogP contribution in [0.5, 0.6) is 0 Å². The van der Waals surface area contributed by atoms with Gasteiger partial charge in [0.1, 0.15) is 0 Å². The van der Waals surface area contributed by atoms with Crippen molar-refractivity contribution in [2.24, 2.45) is 5.73 Å². The van der Waals surface area contributed by atoms with Crippen LogP contribution in [-0.2, 0) is 0 Å². The maximum Gasteiger partial charge on any atom is 0.0991 e. The van der Waals surface area contributed by atoms with Crippen molar-refractivity contribution >= 4 is 12.4 Å². The zero-order valence-electron chi connectivity index (χ0n) is 6.97. The number of hydrogen-bond acceptors (Lipinski definition) is 3. The summed E-state index contributed by atoms with van der Waals surface area (Å²) in [6.07, 6.45) is -0.668. The van der Waals surface area contributed by atoms with Crippen LogP contribution in [0.25, 0.3) is 0 Å². The molecule has 0 saturated heterocycles. The molecule has 3 nitrogen and oxygen atoms in total. The second kappa shape index (κ2) is 5.55. The Kier molecular flexibility index (Phi) is 5.09. The standard InChI is InChI=1S/C9H10N2O.ClH/c10-5-7-2-1-3-8(4-7)9(12)6-11;/h1-4,9,12H,6,11H2;1H. The average molecular weight is 199 g/mol. The highest BCUT2D eigenvalue weighted by molar-refractivity contribution is 5.85. The van der Waals surface area contributed by atoms with Crippen LogP contribution in [0.1, 0.15) is 17.2 Å². The van der Waals surface area contributed by atoms with E-state index >= 15 is 0 Å². The van der Waals surface area contributed by atoms with Gasteiger partial charge in [0.2, 0.25) is 0 Å². The highest BCUT2D eigenvalue weighted by atomic mass is 35.5. The number of rotatable bonds is 2. The maximum absolute atomic E-state index is 9.31. The van der Waals surface area contributed by atoms with Crippen LogP contribution in [0.15, 0.2) is 24.3 Å². The fraction of sp³-hybridized carbons (Fsp3) is 0.222. The smallest absolute Gasteiger partial charge is 0.0991 e. The molecule has 1 unspecified atom stereocenters. The molecule has 0 spiro atoms. The van der Waals surface area contributed by atoms with Crippen LogP contribution in [-0.4, -0.2) is 11.7 Å². The monoisotopic (exact) mass is 198 g/mol. The van der Waals surface area contributed by atoms with Crippen LogP contribution in [0.4, 0.5) is 0 Å². The summed E-state index contributed by atoms with van der Waals surface area (Å²) in [6, 6.07) is 8.80. The fourth-order valence-electron chi connectivity index (χ4n) is 0.952. The summed E-state index contributed by atoms with van der Waals surface area (Å²) >= 11 is 0. The van der Waals surface area contributed by atoms with Gasteiger partial charge < -0.3 is 10.8 Å². The van der Waals surface area contributed by atoms with Gasteiger partial charge in [0.15, 0.2) is 0 Å². The third kappa shape index (κ3) is 3.03. The molecule has 0 bridgehead atoms. The minimum atomic E-state index is -0.668. The molecule has 4 heteroatoms. The Labute approximate surface area is 83.2 Å². The molecule has 0 aromatic heterocycles. The van der Waals surface area contributed by atoms with Crippen molar-refractivity contribution in [3.8, 4) is 6.07 Å². The highest BCUT2D eigenvalue weighted by Crippen LogP contribution is 2.12. The fourth-order valence-corrected chi connectivity index (χ4v) is 0.952. The molecule has 3 N–H and O–H groups in total. The van der Waals surface area contributed by atoms with Crippen LogP contribution in [0, 0.1) is 11.3 Å². The molecular formula is C9H11ClN2O. The maximum atomic E-state index is 9.31. The summed E-state index contributed by atoms with van der Waals surface area (Å²) in [5, 5.41) is 17.9. The summed E-state index contributed by atoms with van der Waals surface area (Å²) in [5.74, 6) is 0. The number of nitriles is 1. The summed E-state index contributed by atoms with van der Waals surface area (Å²) in [4.78, 5) is 0. The molecule has 0 aliphatic carbocycles. The molecule has 0 aliphatic heterocycles. The van der Waals surface area contributed by atoms with E-state index in [-0.39, 0.29) is 19.0 Å². The normalized spacial score (nSPS) is 11.2. The second-order valence-corrected chi connectivity index (χ2v) is 2.49. The van der Waals surface area contributed by atoms with E-state index in [2.05, 4.69) is 0 Å². The Morgan fingerprint density at radius 3 is 2.77 bits per heavy atom. The number of benzene rings is 1. The van der Waals surface area contributed by atoms with Crippen molar-refractivity contribution in [3.05, 3.63) is 35.4 Å². The summed E-state index contributed by atoms with van der Waals surface area (Å²) in [7, 11) is 0. The molecule has 0 saturated carbocycles. The molecule has 0 heterocycles. The zero-order chi connectivity index (χ0) is 8.97. The van der Waals surface area contributed by atoms with Crippen molar-refractivity contribution in [2.75, 3.05) is 6.54 Å². The lowest BCUT2D eigenvalue weighted by Gasteiger charge is -2.06. The van der Waals surface area contributed by atoms with Crippen molar-refractivity contribution in [1.82, 2.24) is 0 Å². The predicted molar refractivity (Wildman–Crippen MR) is 52.4 cm³/mol. The largest absolute Gasteiger partial charge is 0.387 e. The van der Waals surface area contributed by atoms with Gasteiger partial charge >= 0.3 is 0 Å². The molecular weight excluding hydrogens is 188 g/mol. The first-order valence-corrected chi connectivity index (χ1v) is 3.66. The van der Waals surface area contributed by atoms with Gasteiger partial charge in [-0.05, 0) is 17.7 Å². The van der Waals surface area contributed by atoms with Gasteiger partial charge in [0.05, 0.1) is 17.7 Å². The van der Waals surface area contributed by atoms with Crippen LogP contribution >= 0.6 is 12.4 Å². The van der Waals surface area contributed by atoms with Crippen molar-refractivity contribution in [3.63, 3.8) is 0 Å². The Balaban J connectivity index is 0.00000144. The first-order valence-electron chi connectivity index (χ1n) is 3.66. The van der Waals surface area contributed by atoms with E-state index in [1.54, 1.807) is 24.3 Å². The zero-order valence-corrected chi connectivity index (χ0v) is 7.79. The minimum Gasteiger partial charge on any atom is -0.387 e. The molecule has 0 radical (unpaired) electrons. The van der Waals surface area contributed by atoms with Gasteiger partial charge in [-0.1, -0.05) is 12.1 Å². The third-order valence-corrected chi connectivity index (χ3v) is 1.62. The number of nitrogens with zero attached hydrogens (tertiary/aromatic N) is 1. The topological polar surface area (TPSA) is 70.0 Å². The first-order chi connectivity index (χ1) is 5.77. The van der Waals surface area contributed by atoms with E-state index < -0.39 is 6.10 Å². The van der Waals surface area contributed by atoms with E-state index in [0.717, 1.165) is 0 Å². The van der Waals surface area contributed by atoms with Crippen molar-refractivity contribution in [1.29, 1.82) is 5.26 Å². The molecule has 70 valence electrons. The van der Waals surface area contributed by atoms with Crippen molar-refractivity contribution < 1.29 is 5.11 Å². The Bertz CT molecular complexity index is 309. The molecule has 13 heavy (non-hydrogen) atoms. The predicted octanol–water partition coefficient (Wildman–Crippen LogP) is 0.972. The first kappa shape index (κ1) is 11.9. The number of aliphatic hydroxyl groups excluding tert-OH is 1. The molecule has 0 fully saturated rings. The quantitative estimate of drug-likeness (QED) is 0.744. The van der Waals surface area contributed by atoms with E-state index in [4.69, 9.17) is 11.0 Å². The van der Waals surface area contributed by atoms with E-state index in [1.807, 2.05) is 6.07 Å². The Morgan fingerprint density at radius 2 is 2.23 bits per heavy atom. The van der Waals surface area contributed by atoms with E-state index in [0.29, 0.717) is 11.1 Å².